The third kappa shape index (κ3) is 7.40. The average molecular weight is 563 g/mol. The van der Waals surface area contributed by atoms with Gasteiger partial charge in [-0.05, 0) is 49.6 Å². The van der Waals surface area contributed by atoms with Crippen LogP contribution in [0, 0.1) is 5.92 Å². The van der Waals surface area contributed by atoms with Crippen molar-refractivity contribution in [3.63, 3.8) is 0 Å². The quantitative estimate of drug-likeness (QED) is 0.216. The minimum absolute atomic E-state index is 0. The van der Waals surface area contributed by atoms with Crippen LogP contribution in [-0.4, -0.2) is 30.1 Å². The number of nitrogens with one attached hydrogen (secondary N) is 3. The van der Waals surface area contributed by atoms with Crippen molar-refractivity contribution in [2.45, 2.75) is 38.8 Å². The number of rotatable bonds is 8. The van der Waals surface area contributed by atoms with Gasteiger partial charge < -0.3 is 21.1 Å². The van der Waals surface area contributed by atoms with Crippen molar-refractivity contribution in [1.82, 2.24) is 10.6 Å². The van der Waals surface area contributed by atoms with Crippen LogP contribution in [0.2, 0.25) is 4.34 Å². The number of guanidine groups is 1. The van der Waals surface area contributed by atoms with E-state index in [1.165, 1.54) is 11.3 Å². The van der Waals surface area contributed by atoms with Crippen molar-refractivity contribution >= 4 is 64.5 Å². The Morgan fingerprint density at radius 3 is 2.73 bits per heavy atom. The van der Waals surface area contributed by atoms with E-state index in [4.69, 9.17) is 11.6 Å². The number of benzene rings is 1. The lowest BCUT2D eigenvalue weighted by Crippen LogP contribution is -2.39. The number of aliphatic imine (C=N–C) groups is 1. The Morgan fingerprint density at radius 1 is 1.30 bits per heavy atom. The van der Waals surface area contributed by atoms with Crippen LogP contribution in [0.4, 0.5) is 5.69 Å². The van der Waals surface area contributed by atoms with E-state index in [1.807, 2.05) is 37.3 Å². The monoisotopic (exact) mass is 562 g/mol. The first-order valence-electron chi connectivity index (χ1n) is 9.90. The molecule has 164 valence electrons. The molecule has 0 bridgehead atoms. The highest BCUT2D eigenvalue weighted by Crippen LogP contribution is 2.28. The molecule has 3 rings (SSSR count). The first-order chi connectivity index (χ1) is 14.0. The fourth-order valence-corrected chi connectivity index (χ4v) is 4.02. The van der Waals surface area contributed by atoms with Crippen LogP contribution in [0.15, 0.2) is 41.4 Å². The van der Waals surface area contributed by atoms with Crippen LogP contribution in [0.1, 0.15) is 42.7 Å². The molecule has 1 fully saturated rings. The predicted octanol–water partition coefficient (Wildman–Crippen LogP) is 4.55. The standard InChI is InChI=1S/C21H27ClN4O2S.HI/c1-2-23-21(25-13-17(27)18-9-10-19(22)29-18)24-12-14-5-3-8-16(11-14)26-20(28)15-6-4-7-15;/h3,5,8-11,15,17,27H,2,4,6-7,12-13H2,1H3,(H,26,28)(H2,23,24,25);1H. The molecule has 4 N–H and O–H groups in total. The van der Waals surface area contributed by atoms with Gasteiger partial charge in [0.2, 0.25) is 5.91 Å². The van der Waals surface area contributed by atoms with E-state index in [9.17, 15) is 9.90 Å². The van der Waals surface area contributed by atoms with Gasteiger partial charge in [0.25, 0.3) is 0 Å². The van der Waals surface area contributed by atoms with Crippen molar-refractivity contribution in [2.24, 2.45) is 10.9 Å². The summed E-state index contributed by atoms with van der Waals surface area (Å²) in [5.41, 5.74) is 1.80. The van der Waals surface area contributed by atoms with Gasteiger partial charge in [-0.2, -0.15) is 0 Å². The van der Waals surface area contributed by atoms with Gasteiger partial charge in [-0.1, -0.05) is 30.2 Å². The largest absolute Gasteiger partial charge is 0.386 e. The van der Waals surface area contributed by atoms with E-state index < -0.39 is 6.10 Å². The molecule has 0 saturated heterocycles. The van der Waals surface area contributed by atoms with Crippen LogP contribution in [0.25, 0.3) is 0 Å². The van der Waals surface area contributed by atoms with E-state index in [2.05, 4.69) is 20.9 Å². The maximum absolute atomic E-state index is 12.1. The minimum atomic E-state index is -0.651. The molecule has 30 heavy (non-hydrogen) atoms. The highest BCUT2D eigenvalue weighted by molar-refractivity contribution is 14.0. The molecule has 0 radical (unpaired) electrons. The van der Waals surface area contributed by atoms with Crippen LogP contribution in [0.5, 0.6) is 0 Å². The van der Waals surface area contributed by atoms with Crippen molar-refractivity contribution in [1.29, 1.82) is 0 Å². The molecule has 0 spiro atoms. The molecule has 2 aromatic rings. The van der Waals surface area contributed by atoms with E-state index in [0.717, 1.165) is 35.4 Å². The number of aliphatic hydroxyl groups is 1. The molecule has 1 aliphatic carbocycles. The zero-order valence-corrected chi connectivity index (χ0v) is 20.8. The van der Waals surface area contributed by atoms with E-state index in [-0.39, 0.29) is 35.8 Å². The number of halogens is 2. The van der Waals surface area contributed by atoms with Gasteiger partial charge in [0, 0.05) is 29.6 Å². The molecular weight excluding hydrogens is 535 g/mol. The maximum Gasteiger partial charge on any atom is 0.227 e. The Labute approximate surface area is 203 Å². The zero-order valence-electron chi connectivity index (χ0n) is 16.9. The Kier molecular flexibility index (Phi) is 10.4. The summed E-state index contributed by atoms with van der Waals surface area (Å²) in [6, 6.07) is 11.4. The lowest BCUT2D eigenvalue weighted by Gasteiger charge is -2.24. The van der Waals surface area contributed by atoms with Gasteiger partial charge in [-0.15, -0.1) is 35.3 Å². The summed E-state index contributed by atoms with van der Waals surface area (Å²) in [6.45, 7) is 3.50. The summed E-state index contributed by atoms with van der Waals surface area (Å²) in [5, 5.41) is 19.6. The highest BCUT2D eigenvalue weighted by Gasteiger charge is 2.25. The van der Waals surface area contributed by atoms with Crippen LogP contribution >= 0.6 is 46.9 Å². The third-order valence-electron chi connectivity index (χ3n) is 4.82. The normalized spacial score (nSPS) is 15.0. The molecule has 6 nitrogen and oxygen atoms in total. The zero-order chi connectivity index (χ0) is 20.6. The highest BCUT2D eigenvalue weighted by atomic mass is 127. The molecule has 1 saturated carbocycles. The summed E-state index contributed by atoms with van der Waals surface area (Å²) in [5.74, 6) is 0.888. The Hall–Kier alpha value is -1.36. The number of hydrogen-bond donors (Lipinski definition) is 4. The summed E-state index contributed by atoms with van der Waals surface area (Å²) < 4.78 is 0.656. The maximum atomic E-state index is 12.1. The van der Waals surface area contributed by atoms with Gasteiger partial charge in [0.1, 0.15) is 6.10 Å². The molecule has 1 heterocycles. The van der Waals surface area contributed by atoms with Crippen LogP contribution < -0.4 is 16.0 Å². The lowest BCUT2D eigenvalue weighted by molar-refractivity contribution is -0.122. The molecule has 1 aromatic carbocycles. The number of nitrogens with zero attached hydrogens (tertiary/aromatic N) is 1. The van der Waals surface area contributed by atoms with E-state index >= 15 is 0 Å². The number of anilines is 1. The number of aliphatic hydroxyl groups excluding tert-OH is 1. The fraction of sp³-hybridized carbons (Fsp3) is 0.429. The summed E-state index contributed by atoms with van der Waals surface area (Å²) in [4.78, 5) is 17.5. The van der Waals surface area contributed by atoms with Gasteiger partial charge in [-0.3, -0.25) is 4.79 Å². The van der Waals surface area contributed by atoms with Crippen molar-refractivity contribution in [3.05, 3.63) is 51.2 Å². The molecular formula is C21H28ClIN4O2S. The van der Waals surface area contributed by atoms with E-state index in [1.54, 1.807) is 6.07 Å². The van der Waals surface area contributed by atoms with Gasteiger partial charge in [0.15, 0.2) is 5.96 Å². The smallest absolute Gasteiger partial charge is 0.227 e. The number of thiophene rings is 1. The predicted molar refractivity (Wildman–Crippen MR) is 135 cm³/mol. The average Bonchev–Trinajstić information content (AvgIpc) is 3.09. The molecule has 0 aliphatic heterocycles. The number of hydrogen-bond acceptors (Lipinski definition) is 4. The summed E-state index contributed by atoms with van der Waals surface area (Å²) in [6.07, 6.45) is 2.46. The number of amides is 1. The molecule has 1 amide bonds. The fourth-order valence-electron chi connectivity index (χ4n) is 2.98. The number of carbonyl (C=O) groups excluding carboxylic acids is 1. The minimum Gasteiger partial charge on any atom is -0.386 e. The molecule has 1 unspecified atom stereocenters. The second kappa shape index (κ2) is 12.5. The van der Waals surface area contributed by atoms with E-state index in [0.29, 0.717) is 29.9 Å². The Balaban J connectivity index is 0.00000320. The molecule has 1 aromatic heterocycles. The topological polar surface area (TPSA) is 85.8 Å². The summed E-state index contributed by atoms with van der Waals surface area (Å²) in [7, 11) is 0. The van der Waals surface area contributed by atoms with Gasteiger partial charge in [0.05, 0.1) is 10.9 Å². The second-order valence-electron chi connectivity index (χ2n) is 7.05. The van der Waals surface area contributed by atoms with Crippen molar-refractivity contribution in [2.75, 3.05) is 18.4 Å². The van der Waals surface area contributed by atoms with Crippen LogP contribution in [-0.2, 0) is 11.3 Å². The molecule has 1 aliphatic rings. The van der Waals surface area contributed by atoms with Crippen molar-refractivity contribution < 1.29 is 9.90 Å². The lowest BCUT2D eigenvalue weighted by atomic mass is 9.85. The second-order valence-corrected chi connectivity index (χ2v) is 8.80. The number of carbonyl (C=O) groups is 1. The SMILES string of the molecule is CCNC(=NCc1cccc(NC(=O)C2CCC2)c1)NCC(O)c1ccc(Cl)s1.I. The Morgan fingerprint density at radius 2 is 2.10 bits per heavy atom. The molecule has 9 heteroatoms. The van der Waals surface area contributed by atoms with Crippen molar-refractivity contribution in [3.8, 4) is 0 Å². The first-order valence-corrected chi connectivity index (χ1v) is 11.1. The Bertz CT molecular complexity index is 857. The summed E-state index contributed by atoms with van der Waals surface area (Å²) >= 11 is 7.30. The van der Waals surface area contributed by atoms with Gasteiger partial charge in [-0.25, -0.2) is 4.99 Å². The third-order valence-corrected chi connectivity index (χ3v) is 6.15. The van der Waals surface area contributed by atoms with Gasteiger partial charge >= 0.3 is 0 Å². The van der Waals surface area contributed by atoms with Crippen LogP contribution in [0.3, 0.4) is 0 Å². The molecule has 1 atom stereocenters. The first kappa shape index (κ1) is 24.9.